The summed E-state index contributed by atoms with van der Waals surface area (Å²) in [5.41, 5.74) is 2.39. The van der Waals surface area contributed by atoms with Crippen LogP contribution in [0.4, 0.5) is 5.95 Å². The number of benzene rings is 2. The molecular formula is C25H24Cl2N4O3. The zero-order valence-electron chi connectivity index (χ0n) is 18.3. The smallest absolute Gasteiger partial charge is 0.326 e. The van der Waals surface area contributed by atoms with Crippen LogP contribution >= 0.6 is 23.2 Å². The van der Waals surface area contributed by atoms with E-state index in [0.717, 1.165) is 24.1 Å². The lowest BCUT2D eigenvalue weighted by Crippen LogP contribution is -2.49. The van der Waals surface area contributed by atoms with E-state index in [1.165, 1.54) is 0 Å². The van der Waals surface area contributed by atoms with Crippen molar-refractivity contribution in [2.45, 2.75) is 25.3 Å². The molecule has 2 N–H and O–H groups in total. The maximum atomic E-state index is 12.9. The van der Waals surface area contributed by atoms with Gasteiger partial charge in [0.2, 0.25) is 11.9 Å². The molecule has 0 bridgehead atoms. The lowest BCUT2D eigenvalue weighted by atomic mass is 9.96. The van der Waals surface area contributed by atoms with Crippen molar-refractivity contribution in [3.63, 3.8) is 0 Å². The molecule has 0 saturated carbocycles. The van der Waals surface area contributed by atoms with Crippen molar-refractivity contribution in [1.82, 2.24) is 15.3 Å². The Labute approximate surface area is 207 Å². The summed E-state index contributed by atoms with van der Waals surface area (Å²) in [4.78, 5) is 35.3. The predicted molar refractivity (Wildman–Crippen MR) is 132 cm³/mol. The van der Waals surface area contributed by atoms with Crippen LogP contribution in [0.5, 0.6) is 0 Å². The Balaban J connectivity index is 1.43. The number of rotatable bonds is 7. The fraction of sp³-hybridized carbons (Fsp3) is 0.280. The second-order valence-electron chi connectivity index (χ2n) is 8.26. The Morgan fingerprint density at radius 3 is 2.62 bits per heavy atom. The van der Waals surface area contributed by atoms with Crippen molar-refractivity contribution >= 4 is 41.0 Å². The molecule has 1 aliphatic rings. The van der Waals surface area contributed by atoms with Crippen LogP contribution in [-0.4, -0.2) is 46.1 Å². The number of aliphatic carboxylic acids is 1. The van der Waals surface area contributed by atoms with Gasteiger partial charge >= 0.3 is 5.97 Å². The SMILES string of the molecule is O=C(N[C@@H](Cc1ccc(-c2cccc(Cl)c2)c(Cl)c1)C(=O)O)[C@@H]1CCCN(c2ncccn2)C1. The van der Waals surface area contributed by atoms with E-state index in [1.807, 2.05) is 35.2 Å². The standard InChI is InChI=1S/C25H24Cl2N4O3/c26-19-6-1-4-17(14-19)20-8-7-16(12-21(20)27)13-22(24(33)34)30-23(32)18-5-2-11-31(15-18)25-28-9-3-10-29-25/h1,3-4,6-10,12,14,18,22H,2,5,11,13,15H2,(H,30,32)(H,33,34)/t18-,22+/m1/s1. The summed E-state index contributed by atoms with van der Waals surface area (Å²) in [6, 6.07) is 13.4. The first-order valence-corrected chi connectivity index (χ1v) is 11.8. The Hall–Kier alpha value is -3.16. The van der Waals surface area contributed by atoms with Gasteiger partial charge in [-0.25, -0.2) is 14.8 Å². The summed E-state index contributed by atoms with van der Waals surface area (Å²) < 4.78 is 0. The van der Waals surface area contributed by atoms with Gasteiger partial charge in [-0.1, -0.05) is 47.5 Å². The first-order valence-electron chi connectivity index (χ1n) is 11.0. The van der Waals surface area contributed by atoms with E-state index in [4.69, 9.17) is 23.2 Å². The maximum Gasteiger partial charge on any atom is 0.326 e. The highest BCUT2D eigenvalue weighted by Gasteiger charge is 2.30. The third-order valence-corrected chi connectivity index (χ3v) is 6.40. The van der Waals surface area contributed by atoms with E-state index in [2.05, 4.69) is 15.3 Å². The minimum absolute atomic E-state index is 0.120. The molecule has 1 amide bonds. The number of carbonyl (C=O) groups excluding carboxylic acids is 1. The fourth-order valence-corrected chi connectivity index (χ4v) is 4.63. The molecule has 34 heavy (non-hydrogen) atoms. The number of aromatic nitrogens is 2. The molecule has 3 aromatic rings. The highest BCUT2D eigenvalue weighted by Crippen LogP contribution is 2.30. The number of nitrogens with zero attached hydrogens (tertiary/aromatic N) is 3. The molecule has 176 valence electrons. The second kappa shape index (κ2) is 10.8. The van der Waals surface area contributed by atoms with Crippen molar-refractivity contribution in [3.8, 4) is 11.1 Å². The van der Waals surface area contributed by atoms with Gasteiger partial charge in [0.25, 0.3) is 0 Å². The molecule has 4 rings (SSSR count). The Morgan fingerprint density at radius 2 is 1.91 bits per heavy atom. The maximum absolute atomic E-state index is 12.9. The van der Waals surface area contributed by atoms with Crippen molar-refractivity contribution in [2.24, 2.45) is 5.92 Å². The van der Waals surface area contributed by atoms with Gasteiger partial charge in [0, 0.05) is 47.5 Å². The average molecular weight is 499 g/mol. The molecule has 0 aliphatic carbocycles. The van der Waals surface area contributed by atoms with Gasteiger partial charge in [-0.05, 0) is 48.2 Å². The van der Waals surface area contributed by atoms with Crippen LogP contribution in [0.2, 0.25) is 10.0 Å². The highest BCUT2D eigenvalue weighted by atomic mass is 35.5. The van der Waals surface area contributed by atoms with E-state index < -0.39 is 12.0 Å². The number of carboxylic acid groups (broad SMARTS) is 1. The lowest BCUT2D eigenvalue weighted by Gasteiger charge is -2.32. The van der Waals surface area contributed by atoms with Crippen molar-refractivity contribution < 1.29 is 14.7 Å². The average Bonchev–Trinajstić information content (AvgIpc) is 2.84. The van der Waals surface area contributed by atoms with Crippen LogP contribution < -0.4 is 10.2 Å². The molecule has 9 heteroatoms. The zero-order chi connectivity index (χ0) is 24.1. The second-order valence-corrected chi connectivity index (χ2v) is 9.11. The molecule has 2 heterocycles. The molecule has 7 nitrogen and oxygen atoms in total. The summed E-state index contributed by atoms with van der Waals surface area (Å²) in [5.74, 6) is -1.14. The van der Waals surface area contributed by atoms with Crippen LogP contribution in [0.3, 0.4) is 0 Å². The first kappa shape index (κ1) is 24.0. The number of nitrogens with one attached hydrogen (secondary N) is 1. The van der Waals surface area contributed by atoms with Crippen LogP contribution in [0, 0.1) is 5.92 Å². The first-order chi connectivity index (χ1) is 16.4. The third kappa shape index (κ3) is 5.85. The minimum Gasteiger partial charge on any atom is -0.480 e. The highest BCUT2D eigenvalue weighted by molar-refractivity contribution is 6.34. The van der Waals surface area contributed by atoms with Gasteiger partial charge in [-0.2, -0.15) is 0 Å². The monoisotopic (exact) mass is 498 g/mol. The van der Waals surface area contributed by atoms with E-state index in [1.54, 1.807) is 30.6 Å². The number of hydrogen-bond acceptors (Lipinski definition) is 5. The number of piperidine rings is 1. The number of carboxylic acids is 1. The van der Waals surface area contributed by atoms with Gasteiger partial charge in [0.1, 0.15) is 6.04 Å². The molecule has 1 saturated heterocycles. The molecule has 1 aromatic heterocycles. The van der Waals surface area contributed by atoms with Crippen LogP contribution in [-0.2, 0) is 16.0 Å². The van der Waals surface area contributed by atoms with E-state index in [-0.39, 0.29) is 18.2 Å². The van der Waals surface area contributed by atoms with Gasteiger partial charge in [0.15, 0.2) is 0 Å². The molecule has 2 aromatic carbocycles. The van der Waals surface area contributed by atoms with Crippen molar-refractivity contribution in [2.75, 3.05) is 18.0 Å². The molecule has 1 aliphatic heterocycles. The van der Waals surface area contributed by atoms with Gasteiger partial charge < -0.3 is 15.3 Å². The molecule has 0 unspecified atom stereocenters. The molecule has 0 spiro atoms. The van der Waals surface area contributed by atoms with E-state index in [9.17, 15) is 14.7 Å². The fourth-order valence-electron chi connectivity index (χ4n) is 4.13. The predicted octanol–water partition coefficient (Wildman–Crippen LogP) is 4.48. The Bertz CT molecular complexity index is 1180. The third-order valence-electron chi connectivity index (χ3n) is 5.85. The van der Waals surface area contributed by atoms with E-state index >= 15 is 0 Å². The number of amides is 1. The van der Waals surface area contributed by atoms with Crippen molar-refractivity contribution in [1.29, 1.82) is 0 Å². The quantitative estimate of drug-likeness (QED) is 0.498. The number of hydrogen-bond donors (Lipinski definition) is 2. The molecule has 2 atom stereocenters. The summed E-state index contributed by atoms with van der Waals surface area (Å²) >= 11 is 12.6. The summed E-state index contributed by atoms with van der Waals surface area (Å²) in [6.07, 6.45) is 4.93. The summed E-state index contributed by atoms with van der Waals surface area (Å²) in [6.45, 7) is 1.20. The Morgan fingerprint density at radius 1 is 1.12 bits per heavy atom. The molecule has 1 fully saturated rings. The Kier molecular flexibility index (Phi) is 7.65. The van der Waals surface area contributed by atoms with Gasteiger partial charge in [0.05, 0.1) is 5.92 Å². The van der Waals surface area contributed by atoms with Crippen molar-refractivity contribution in [3.05, 3.63) is 76.5 Å². The normalized spacial score (nSPS) is 16.6. The van der Waals surface area contributed by atoms with Crippen LogP contribution in [0.15, 0.2) is 60.9 Å². The lowest BCUT2D eigenvalue weighted by molar-refractivity contribution is -0.142. The number of anilines is 1. The number of carbonyl (C=O) groups is 2. The zero-order valence-corrected chi connectivity index (χ0v) is 19.8. The van der Waals surface area contributed by atoms with Gasteiger partial charge in [-0.15, -0.1) is 0 Å². The molecular weight excluding hydrogens is 475 g/mol. The summed E-state index contributed by atoms with van der Waals surface area (Å²) in [5, 5.41) is 13.6. The largest absolute Gasteiger partial charge is 0.480 e. The van der Waals surface area contributed by atoms with Gasteiger partial charge in [-0.3, -0.25) is 4.79 Å². The molecule has 0 radical (unpaired) electrons. The topological polar surface area (TPSA) is 95.4 Å². The van der Waals surface area contributed by atoms with Crippen LogP contribution in [0.25, 0.3) is 11.1 Å². The minimum atomic E-state index is -1.09. The van der Waals surface area contributed by atoms with E-state index in [0.29, 0.717) is 34.5 Å². The number of halogens is 2. The van der Waals surface area contributed by atoms with Crippen LogP contribution in [0.1, 0.15) is 18.4 Å². The summed E-state index contributed by atoms with van der Waals surface area (Å²) in [7, 11) is 0.